The van der Waals surface area contributed by atoms with Gasteiger partial charge >= 0.3 is 5.97 Å². The molecule has 0 fully saturated rings. The van der Waals surface area contributed by atoms with Gasteiger partial charge in [-0.15, -0.1) is 0 Å². The fraction of sp³-hybridized carbons (Fsp3) is 0.207. The highest BCUT2D eigenvalue weighted by Gasteiger charge is 2.23. The molecule has 4 rings (SSSR count). The predicted molar refractivity (Wildman–Crippen MR) is 137 cm³/mol. The van der Waals surface area contributed by atoms with Crippen molar-refractivity contribution in [3.05, 3.63) is 108 Å². The molecule has 0 bridgehead atoms. The van der Waals surface area contributed by atoms with Gasteiger partial charge in [-0.25, -0.2) is 14.8 Å². The van der Waals surface area contributed by atoms with E-state index in [1.807, 2.05) is 84.9 Å². The molecule has 0 aliphatic rings. The van der Waals surface area contributed by atoms with Crippen molar-refractivity contribution in [3.8, 4) is 17.0 Å². The van der Waals surface area contributed by atoms with Gasteiger partial charge < -0.3 is 14.8 Å². The van der Waals surface area contributed by atoms with Gasteiger partial charge in [0.25, 0.3) is 0 Å². The predicted octanol–water partition coefficient (Wildman–Crippen LogP) is 5.33. The highest BCUT2D eigenvalue weighted by atomic mass is 16.5. The first-order valence-corrected chi connectivity index (χ1v) is 11.7. The highest BCUT2D eigenvalue weighted by molar-refractivity contribution is 5.79. The number of anilines is 1. The molecule has 6 nitrogen and oxygen atoms in total. The molecule has 0 saturated carbocycles. The molecule has 6 heteroatoms. The van der Waals surface area contributed by atoms with Crippen LogP contribution in [0.1, 0.15) is 23.7 Å². The fourth-order valence-electron chi connectivity index (χ4n) is 3.90. The Kier molecular flexibility index (Phi) is 8.07. The van der Waals surface area contributed by atoms with Crippen LogP contribution >= 0.6 is 0 Å². The van der Waals surface area contributed by atoms with E-state index in [0.717, 1.165) is 33.8 Å². The van der Waals surface area contributed by atoms with Crippen molar-refractivity contribution in [1.82, 2.24) is 9.97 Å². The van der Waals surface area contributed by atoms with Crippen LogP contribution in [0.4, 0.5) is 5.82 Å². The number of methoxy groups -OCH3 is 1. The number of ether oxygens (including phenoxy) is 2. The van der Waals surface area contributed by atoms with Gasteiger partial charge in [0, 0.05) is 24.0 Å². The average Bonchev–Trinajstić information content (AvgIpc) is 2.90. The van der Waals surface area contributed by atoms with Gasteiger partial charge in [-0.3, -0.25) is 0 Å². The van der Waals surface area contributed by atoms with Gasteiger partial charge in [0.15, 0.2) is 0 Å². The number of nitrogens with one attached hydrogen (secondary N) is 1. The first-order valence-electron chi connectivity index (χ1n) is 11.7. The lowest BCUT2D eigenvalue weighted by Crippen LogP contribution is -2.34. The lowest BCUT2D eigenvalue weighted by molar-refractivity contribution is -0.144. The quantitative estimate of drug-likeness (QED) is 0.318. The molecule has 1 unspecified atom stereocenters. The summed E-state index contributed by atoms with van der Waals surface area (Å²) in [5.41, 5.74) is 4.46. The van der Waals surface area contributed by atoms with Crippen LogP contribution in [0, 0.1) is 0 Å². The van der Waals surface area contributed by atoms with Crippen molar-refractivity contribution in [2.45, 2.75) is 25.8 Å². The molecular formula is C29H29N3O3. The molecular weight excluding hydrogens is 438 g/mol. The van der Waals surface area contributed by atoms with Crippen LogP contribution in [-0.2, 0) is 22.4 Å². The Bertz CT molecular complexity index is 1250. The second-order valence-corrected chi connectivity index (χ2v) is 8.04. The minimum atomic E-state index is -0.606. The van der Waals surface area contributed by atoms with E-state index >= 15 is 0 Å². The molecule has 0 saturated heterocycles. The van der Waals surface area contributed by atoms with Crippen molar-refractivity contribution >= 4 is 11.8 Å². The lowest BCUT2D eigenvalue weighted by Gasteiger charge is -2.20. The summed E-state index contributed by atoms with van der Waals surface area (Å²) >= 11 is 0. The minimum absolute atomic E-state index is 0.304. The largest absolute Gasteiger partial charge is 0.496 e. The molecule has 178 valence electrons. The van der Waals surface area contributed by atoms with E-state index < -0.39 is 6.04 Å². The highest BCUT2D eigenvalue weighted by Crippen LogP contribution is 2.26. The van der Waals surface area contributed by atoms with Gasteiger partial charge in [0.05, 0.1) is 31.3 Å². The first kappa shape index (κ1) is 24.0. The topological polar surface area (TPSA) is 73.3 Å². The Balaban J connectivity index is 1.71. The maximum atomic E-state index is 12.9. The van der Waals surface area contributed by atoms with Crippen LogP contribution < -0.4 is 10.1 Å². The zero-order valence-electron chi connectivity index (χ0n) is 20.0. The van der Waals surface area contributed by atoms with Crippen molar-refractivity contribution in [1.29, 1.82) is 0 Å². The summed E-state index contributed by atoms with van der Waals surface area (Å²) in [6.07, 6.45) is 2.69. The molecule has 0 radical (unpaired) electrons. The van der Waals surface area contributed by atoms with Crippen LogP contribution in [0.25, 0.3) is 11.3 Å². The van der Waals surface area contributed by atoms with Gasteiger partial charge in [0.2, 0.25) is 0 Å². The number of hydrogen-bond acceptors (Lipinski definition) is 6. The second-order valence-electron chi connectivity index (χ2n) is 8.04. The lowest BCUT2D eigenvalue weighted by atomic mass is 10.0. The van der Waals surface area contributed by atoms with E-state index in [4.69, 9.17) is 19.4 Å². The Morgan fingerprint density at radius 3 is 2.34 bits per heavy atom. The van der Waals surface area contributed by atoms with E-state index in [-0.39, 0.29) is 5.97 Å². The third-order valence-electron chi connectivity index (χ3n) is 5.63. The molecule has 3 aromatic carbocycles. The molecule has 0 aliphatic heterocycles. The maximum Gasteiger partial charge on any atom is 0.328 e. The van der Waals surface area contributed by atoms with Crippen molar-refractivity contribution in [3.63, 3.8) is 0 Å². The first-order chi connectivity index (χ1) is 17.2. The van der Waals surface area contributed by atoms with Gasteiger partial charge in [0.1, 0.15) is 17.6 Å². The molecule has 0 aliphatic carbocycles. The van der Waals surface area contributed by atoms with Crippen LogP contribution in [-0.4, -0.2) is 35.7 Å². The van der Waals surface area contributed by atoms with Gasteiger partial charge in [-0.05, 0) is 18.6 Å². The summed E-state index contributed by atoms with van der Waals surface area (Å²) in [6.45, 7) is 2.11. The SMILES string of the molecule is CCOC(=O)C(Cc1ccccc1)Nc1ncc(-c2ccccc2)nc1Cc1ccccc1OC. The molecule has 1 atom stereocenters. The maximum absolute atomic E-state index is 12.9. The number of carbonyl (C=O) groups is 1. The summed E-state index contributed by atoms with van der Waals surface area (Å²) in [7, 11) is 1.65. The van der Waals surface area contributed by atoms with Crippen LogP contribution in [0.2, 0.25) is 0 Å². The van der Waals surface area contributed by atoms with E-state index in [1.165, 1.54) is 0 Å². The van der Waals surface area contributed by atoms with E-state index in [1.54, 1.807) is 20.2 Å². The summed E-state index contributed by atoms with van der Waals surface area (Å²) in [5, 5.41) is 3.33. The zero-order valence-corrected chi connectivity index (χ0v) is 20.0. The van der Waals surface area contributed by atoms with Crippen molar-refractivity contribution in [2.24, 2.45) is 0 Å². The Morgan fingerprint density at radius 1 is 0.943 bits per heavy atom. The molecule has 0 amide bonds. The molecule has 1 N–H and O–H groups in total. The fourth-order valence-corrected chi connectivity index (χ4v) is 3.90. The average molecular weight is 468 g/mol. The van der Waals surface area contributed by atoms with Crippen LogP contribution in [0.3, 0.4) is 0 Å². The van der Waals surface area contributed by atoms with E-state index in [2.05, 4.69) is 5.32 Å². The number of hydrogen-bond donors (Lipinski definition) is 1. The van der Waals surface area contributed by atoms with Crippen molar-refractivity contribution < 1.29 is 14.3 Å². The summed E-state index contributed by atoms with van der Waals surface area (Å²) in [5.74, 6) is 0.995. The minimum Gasteiger partial charge on any atom is -0.496 e. The molecule has 4 aromatic rings. The van der Waals surface area contributed by atoms with Gasteiger partial charge in [-0.2, -0.15) is 0 Å². The van der Waals surface area contributed by atoms with E-state index in [0.29, 0.717) is 25.3 Å². The number of esters is 1. The number of carbonyl (C=O) groups excluding carboxylic acids is 1. The Labute approximate surface area is 206 Å². The molecule has 35 heavy (non-hydrogen) atoms. The third-order valence-corrected chi connectivity index (χ3v) is 5.63. The Morgan fingerprint density at radius 2 is 1.63 bits per heavy atom. The normalized spacial score (nSPS) is 11.5. The smallest absolute Gasteiger partial charge is 0.328 e. The molecule has 0 spiro atoms. The van der Waals surface area contributed by atoms with E-state index in [9.17, 15) is 4.79 Å². The number of aromatic nitrogens is 2. The Hall–Kier alpha value is -4.19. The van der Waals surface area contributed by atoms with Crippen LogP contribution in [0.15, 0.2) is 91.1 Å². The second kappa shape index (κ2) is 11.8. The molecule has 1 heterocycles. The number of rotatable bonds is 10. The summed E-state index contributed by atoms with van der Waals surface area (Å²) in [4.78, 5) is 22.5. The number of nitrogens with zero attached hydrogens (tertiary/aromatic N) is 2. The zero-order chi connectivity index (χ0) is 24.5. The monoisotopic (exact) mass is 467 g/mol. The summed E-state index contributed by atoms with van der Waals surface area (Å²) < 4.78 is 10.9. The summed E-state index contributed by atoms with van der Waals surface area (Å²) in [6, 6.07) is 27.0. The molecule has 1 aromatic heterocycles. The van der Waals surface area contributed by atoms with Crippen LogP contribution in [0.5, 0.6) is 5.75 Å². The van der Waals surface area contributed by atoms with Crippen molar-refractivity contribution in [2.75, 3.05) is 19.0 Å². The third kappa shape index (κ3) is 6.23. The number of para-hydroxylation sites is 1. The van der Waals surface area contributed by atoms with Gasteiger partial charge in [-0.1, -0.05) is 78.9 Å². The standard InChI is InChI=1S/C29H29N3O3/c1-3-35-29(33)25(18-21-12-6-4-7-13-21)32-28-24(19-23-16-10-11-17-27(23)34-2)31-26(20-30-28)22-14-8-5-9-15-22/h4-17,20,25H,3,18-19H2,1-2H3,(H,30,32). The number of benzene rings is 3.